The molecule has 0 saturated heterocycles. The quantitative estimate of drug-likeness (QED) is 0.696. The van der Waals surface area contributed by atoms with Gasteiger partial charge < -0.3 is 14.8 Å². The van der Waals surface area contributed by atoms with Crippen LogP contribution in [0.1, 0.15) is 37.7 Å². The van der Waals surface area contributed by atoms with Gasteiger partial charge in [0.2, 0.25) is 5.41 Å². The van der Waals surface area contributed by atoms with Gasteiger partial charge >= 0.3 is 11.9 Å². The predicted octanol–water partition coefficient (Wildman–Crippen LogP) is 3.66. The number of allylic oxidation sites excluding steroid dienone is 1. The van der Waals surface area contributed by atoms with Crippen LogP contribution in [0, 0.1) is 28.1 Å². The summed E-state index contributed by atoms with van der Waals surface area (Å²) in [5, 5.41) is 24.2. The highest BCUT2D eigenvalue weighted by atomic mass is 35.5. The van der Waals surface area contributed by atoms with Crippen molar-refractivity contribution in [3.63, 3.8) is 0 Å². The van der Waals surface area contributed by atoms with Gasteiger partial charge in [-0.3, -0.25) is 0 Å². The summed E-state index contributed by atoms with van der Waals surface area (Å²) in [5.74, 6) is -1.65. The topological polar surface area (TPSA) is 112 Å². The second-order valence-electron chi connectivity index (χ2n) is 7.44. The Morgan fingerprint density at radius 3 is 2.06 bits per heavy atom. The molecule has 0 bridgehead atoms. The Balaban J connectivity index is 2.32. The summed E-state index contributed by atoms with van der Waals surface area (Å²) in [5.41, 5.74) is -1.65. The van der Waals surface area contributed by atoms with E-state index in [1.807, 2.05) is 0 Å². The molecule has 2 aliphatic carbocycles. The van der Waals surface area contributed by atoms with Crippen molar-refractivity contribution in [2.24, 2.45) is 5.41 Å². The molecule has 0 atom stereocenters. The minimum atomic E-state index is -1.92. The standard InChI is InChI=1S/C23H22ClN3O4/c1-30-21(28)17-18(22(29)31-2)20(27-16-6-4-3-5-7-16)23(12-25,13-26)19(17)14-8-10-15(24)11-9-14/h8-11,16,27H,3-7H2,1-2H3. The number of carbonyl (C=O) groups excluding carboxylic acids is 2. The number of methoxy groups -OCH3 is 2. The number of ether oxygens (including phenoxy) is 2. The number of benzene rings is 1. The maximum Gasteiger partial charge on any atom is 0.340 e. The van der Waals surface area contributed by atoms with Crippen LogP contribution in [0.25, 0.3) is 5.57 Å². The number of carbonyl (C=O) groups is 2. The van der Waals surface area contributed by atoms with Gasteiger partial charge in [0.25, 0.3) is 0 Å². The molecule has 31 heavy (non-hydrogen) atoms. The molecule has 0 unspecified atom stereocenters. The molecule has 0 aromatic heterocycles. The molecule has 1 aromatic rings. The van der Waals surface area contributed by atoms with E-state index in [1.165, 1.54) is 14.2 Å². The van der Waals surface area contributed by atoms with Crippen LogP contribution in [-0.4, -0.2) is 32.2 Å². The third-order valence-corrected chi connectivity index (χ3v) is 5.95. The average molecular weight is 440 g/mol. The Bertz CT molecular complexity index is 1020. The van der Waals surface area contributed by atoms with Crippen molar-refractivity contribution in [2.45, 2.75) is 38.1 Å². The third kappa shape index (κ3) is 3.89. The first-order valence-electron chi connectivity index (χ1n) is 9.95. The minimum absolute atomic E-state index is 0.0343. The number of esters is 2. The fourth-order valence-electron chi connectivity index (χ4n) is 4.22. The van der Waals surface area contributed by atoms with Gasteiger partial charge in [-0.1, -0.05) is 43.0 Å². The lowest BCUT2D eigenvalue weighted by Crippen LogP contribution is -2.38. The van der Waals surface area contributed by atoms with Gasteiger partial charge in [-0.15, -0.1) is 0 Å². The van der Waals surface area contributed by atoms with Crippen LogP contribution in [-0.2, 0) is 19.1 Å². The highest BCUT2D eigenvalue weighted by Crippen LogP contribution is 2.51. The van der Waals surface area contributed by atoms with Gasteiger partial charge in [0.15, 0.2) is 0 Å². The van der Waals surface area contributed by atoms with E-state index in [4.69, 9.17) is 21.1 Å². The molecule has 8 heteroatoms. The molecule has 7 nitrogen and oxygen atoms in total. The summed E-state index contributed by atoms with van der Waals surface area (Å²) in [6, 6.07) is 10.5. The van der Waals surface area contributed by atoms with Crippen molar-refractivity contribution in [3.8, 4) is 12.1 Å². The molecular formula is C23H22ClN3O4. The highest BCUT2D eigenvalue weighted by Gasteiger charge is 2.53. The number of nitriles is 2. The summed E-state index contributed by atoms with van der Waals surface area (Å²) in [6.45, 7) is 0. The van der Waals surface area contributed by atoms with Gasteiger partial charge in [-0.05, 0) is 30.5 Å². The Morgan fingerprint density at radius 1 is 1.00 bits per heavy atom. The fourth-order valence-corrected chi connectivity index (χ4v) is 4.35. The van der Waals surface area contributed by atoms with E-state index in [0.717, 1.165) is 32.1 Å². The van der Waals surface area contributed by atoms with Crippen LogP contribution in [0.5, 0.6) is 0 Å². The highest BCUT2D eigenvalue weighted by molar-refractivity contribution is 6.30. The maximum atomic E-state index is 12.9. The van der Waals surface area contributed by atoms with Gasteiger partial charge in [-0.2, -0.15) is 10.5 Å². The van der Waals surface area contributed by atoms with E-state index in [1.54, 1.807) is 24.3 Å². The van der Waals surface area contributed by atoms with Crippen LogP contribution in [0.15, 0.2) is 41.1 Å². The number of hydrogen-bond donors (Lipinski definition) is 1. The van der Waals surface area contributed by atoms with Crippen LogP contribution in [0.4, 0.5) is 0 Å². The lowest BCUT2D eigenvalue weighted by Gasteiger charge is -2.29. The molecule has 1 N–H and O–H groups in total. The fraction of sp³-hybridized carbons (Fsp3) is 0.391. The first-order chi connectivity index (χ1) is 14.9. The first-order valence-corrected chi connectivity index (χ1v) is 10.3. The van der Waals surface area contributed by atoms with E-state index < -0.39 is 17.4 Å². The molecule has 1 aromatic carbocycles. The van der Waals surface area contributed by atoms with Gasteiger partial charge in [0.1, 0.15) is 0 Å². The molecule has 0 aliphatic heterocycles. The third-order valence-electron chi connectivity index (χ3n) is 5.70. The summed E-state index contributed by atoms with van der Waals surface area (Å²) < 4.78 is 9.89. The molecule has 1 saturated carbocycles. The molecule has 3 rings (SSSR count). The Kier molecular flexibility index (Phi) is 6.68. The number of halogens is 1. The predicted molar refractivity (Wildman–Crippen MR) is 113 cm³/mol. The SMILES string of the molecule is COC(=O)C1=C(NC2CCCCC2)C(C#N)(C#N)C(c2ccc(Cl)cc2)=C1C(=O)OC. The Hall–Kier alpha value is -3.29. The zero-order valence-electron chi connectivity index (χ0n) is 17.3. The smallest absolute Gasteiger partial charge is 0.340 e. The summed E-state index contributed by atoms with van der Waals surface area (Å²) in [4.78, 5) is 25.7. The van der Waals surface area contributed by atoms with E-state index in [2.05, 4.69) is 17.5 Å². The number of rotatable bonds is 5. The van der Waals surface area contributed by atoms with E-state index in [-0.39, 0.29) is 28.5 Å². The van der Waals surface area contributed by atoms with E-state index in [9.17, 15) is 20.1 Å². The number of nitrogens with one attached hydrogen (secondary N) is 1. The van der Waals surface area contributed by atoms with E-state index >= 15 is 0 Å². The van der Waals surface area contributed by atoms with Crippen LogP contribution in [0.3, 0.4) is 0 Å². The first kappa shape index (κ1) is 22.4. The van der Waals surface area contributed by atoms with Crippen molar-refractivity contribution in [1.82, 2.24) is 5.32 Å². The van der Waals surface area contributed by atoms with Crippen LogP contribution >= 0.6 is 11.6 Å². The molecule has 2 aliphatic rings. The van der Waals surface area contributed by atoms with Crippen molar-refractivity contribution in [1.29, 1.82) is 10.5 Å². The average Bonchev–Trinajstić information content (AvgIpc) is 3.09. The summed E-state index contributed by atoms with van der Waals surface area (Å²) in [6.07, 6.45) is 4.74. The molecule has 0 amide bonds. The molecule has 0 heterocycles. The largest absolute Gasteiger partial charge is 0.465 e. The Labute approximate surface area is 185 Å². The van der Waals surface area contributed by atoms with Gasteiger partial charge in [0, 0.05) is 16.6 Å². The lowest BCUT2D eigenvalue weighted by atomic mass is 9.78. The molecule has 0 spiro atoms. The van der Waals surface area contributed by atoms with Gasteiger partial charge in [-0.25, -0.2) is 9.59 Å². The summed E-state index contributed by atoms with van der Waals surface area (Å²) >= 11 is 6.01. The van der Waals surface area contributed by atoms with Crippen molar-refractivity contribution in [3.05, 3.63) is 51.7 Å². The number of hydrogen-bond acceptors (Lipinski definition) is 7. The van der Waals surface area contributed by atoms with Gasteiger partial charge in [0.05, 0.1) is 43.2 Å². The minimum Gasteiger partial charge on any atom is -0.465 e. The molecule has 1 fully saturated rings. The number of nitrogens with zero attached hydrogens (tertiary/aromatic N) is 2. The maximum absolute atomic E-state index is 12.9. The zero-order chi connectivity index (χ0) is 22.6. The normalized spacial score (nSPS) is 18.2. The Morgan fingerprint density at radius 2 is 1.55 bits per heavy atom. The van der Waals surface area contributed by atoms with Crippen LogP contribution in [0.2, 0.25) is 5.02 Å². The molecular weight excluding hydrogens is 418 g/mol. The van der Waals surface area contributed by atoms with Crippen molar-refractivity contribution >= 4 is 29.1 Å². The summed E-state index contributed by atoms with van der Waals surface area (Å²) in [7, 11) is 2.36. The second kappa shape index (κ2) is 9.24. The lowest BCUT2D eigenvalue weighted by molar-refractivity contribution is -0.139. The van der Waals surface area contributed by atoms with Crippen molar-refractivity contribution in [2.75, 3.05) is 14.2 Å². The molecule has 160 valence electrons. The van der Waals surface area contributed by atoms with Crippen molar-refractivity contribution < 1.29 is 19.1 Å². The second-order valence-corrected chi connectivity index (χ2v) is 7.88. The van der Waals surface area contributed by atoms with Crippen LogP contribution < -0.4 is 5.32 Å². The molecule has 0 radical (unpaired) electrons. The van der Waals surface area contributed by atoms with E-state index in [0.29, 0.717) is 10.6 Å². The monoisotopic (exact) mass is 439 g/mol. The zero-order valence-corrected chi connectivity index (χ0v) is 18.1.